The van der Waals surface area contributed by atoms with Gasteiger partial charge in [0.25, 0.3) is 0 Å². The summed E-state index contributed by atoms with van der Waals surface area (Å²) in [5.41, 5.74) is 6.81. The summed E-state index contributed by atoms with van der Waals surface area (Å²) in [6.07, 6.45) is 0.643. The van der Waals surface area contributed by atoms with Crippen molar-refractivity contribution in [2.24, 2.45) is 5.73 Å². The fourth-order valence-corrected chi connectivity index (χ4v) is 1.61. The molecule has 1 aromatic rings. The highest BCUT2D eigenvalue weighted by Gasteiger charge is 2.13. The first-order valence-electron chi connectivity index (χ1n) is 6.36. The van der Waals surface area contributed by atoms with Crippen molar-refractivity contribution in [1.29, 1.82) is 0 Å². The van der Waals surface area contributed by atoms with Crippen molar-refractivity contribution in [2.45, 2.75) is 25.8 Å². The minimum atomic E-state index is -0.607. The molecule has 0 unspecified atom stereocenters. The Morgan fingerprint density at radius 1 is 1.32 bits per heavy atom. The lowest BCUT2D eigenvalue weighted by Crippen LogP contribution is -2.42. The summed E-state index contributed by atoms with van der Waals surface area (Å²) in [4.78, 5) is 22.8. The van der Waals surface area contributed by atoms with E-state index in [0.717, 1.165) is 5.56 Å². The van der Waals surface area contributed by atoms with Gasteiger partial charge in [0, 0.05) is 6.54 Å². The molecule has 0 fully saturated rings. The number of benzene rings is 1. The number of nitrogens with one attached hydrogen (secondary N) is 1. The second-order valence-electron chi connectivity index (χ2n) is 4.14. The van der Waals surface area contributed by atoms with Gasteiger partial charge in [-0.05, 0) is 18.9 Å². The molecule has 0 saturated heterocycles. The molecule has 0 aliphatic carbocycles. The molecule has 0 heterocycles. The van der Waals surface area contributed by atoms with Crippen LogP contribution in [-0.2, 0) is 20.7 Å². The van der Waals surface area contributed by atoms with Gasteiger partial charge in [0.2, 0.25) is 5.91 Å². The molecule has 3 N–H and O–H groups in total. The Balaban J connectivity index is 2.27. The van der Waals surface area contributed by atoms with Crippen molar-refractivity contribution in [3.05, 3.63) is 35.9 Å². The fourth-order valence-electron chi connectivity index (χ4n) is 1.61. The molecule has 0 aliphatic heterocycles. The Kier molecular flexibility index (Phi) is 6.60. The molecule has 19 heavy (non-hydrogen) atoms. The van der Waals surface area contributed by atoms with Crippen LogP contribution < -0.4 is 11.1 Å². The van der Waals surface area contributed by atoms with Gasteiger partial charge in [-0.3, -0.25) is 9.59 Å². The lowest BCUT2D eigenvalue weighted by Gasteiger charge is -2.12. The van der Waals surface area contributed by atoms with Gasteiger partial charge in [-0.2, -0.15) is 0 Å². The Morgan fingerprint density at radius 2 is 2.00 bits per heavy atom. The molecule has 1 atom stereocenters. The summed E-state index contributed by atoms with van der Waals surface area (Å²) in [5.74, 6) is -0.576. The first kappa shape index (κ1) is 15.2. The third kappa shape index (κ3) is 6.01. The number of carbonyl (C=O) groups is 2. The van der Waals surface area contributed by atoms with E-state index >= 15 is 0 Å². The van der Waals surface area contributed by atoms with Crippen LogP contribution in [0.5, 0.6) is 0 Å². The first-order valence-corrected chi connectivity index (χ1v) is 6.36. The van der Waals surface area contributed by atoms with Gasteiger partial charge in [0.15, 0.2) is 0 Å². The third-order valence-electron chi connectivity index (χ3n) is 2.57. The fraction of sp³-hybridized carbons (Fsp3) is 0.429. The van der Waals surface area contributed by atoms with E-state index in [1.165, 1.54) is 0 Å². The van der Waals surface area contributed by atoms with E-state index in [-0.39, 0.29) is 24.8 Å². The Hall–Kier alpha value is -1.88. The van der Waals surface area contributed by atoms with E-state index in [1.807, 2.05) is 30.3 Å². The largest absolute Gasteiger partial charge is 0.466 e. The molecule has 0 aromatic heterocycles. The van der Waals surface area contributed by atoms with Gasteiger partial charge in [-0.15, -0.1) is 0 Å². The van der Waals surface area contributed by atoms with Crippen LogP contribution in [0.25, 0.3) is 0 Å². The Bertz CT molecular complexity index is 406. The zero-order valence-electron chi connectivity index (χ0n) is 11.1. The second kappa shape index (κ2) is 8.26. The van der Waals surface area contributed by atoms with Crippen molar-refractivity contribution in [1.82, 2.24) is 5.32 Å². The predicted molar refractivity (Wildman–Crippen MR) is 72.4 cm³/mol. The number of ether oxygens (including phenoxy) is 1. The predicted octanol–water partition coefficient (Wildman–Crippen LogP) is 0.626. The van der Waals surface area contributed by atoms with Gasteiger partial charge in [0.05, 0.1) is 19.1 Å². The maximum absolute atomic E-state index is 11.7. The number of hydrogen-bond donors (Lipinski definition) is 2. The molecular weight excluding hydrogens is 244 g/mol. The second-order valence-corrected chi connectivity index (χ2v) is 4.14. The van der Waals surface area contributed by atoms with Crippen molar-refractivity contribution in [3.8, 4) is 0 Å². The summed E-state index contributed by atoms with van der Waals surface area (Å²) in [7, 11) is 0. The average Bonchev–Trinajstić information content (AvgIpc) is 2.40. The Morgan fingerprint density at radius 3 is 2.63 bits per heavy atom. The molecule has 5 heteroatoms. The number of carbonyl (C=O) groups excluding carboxylic acids is 2. The maximum Gasteiger partial charge on any atom is 0.307 e. The Labute approximate surface area is 113 Å². The molecule has 104 valence electrons. The first-order chi connectivity index (χ1) is 9.13. The number of nitrogens with two attached hydrogens (primary N) is 1. The van der Waals surface area contributed by atoms with E-state index in [2.05, 4.69) is 5.32 Å². The highest BCUT2D eigenvalue weighted by Crippen LogP contribution is 2.01. The van der Waals surface area contributed by atoms with Gasteiger partial charge in [0.1, 0.15) is 0 Å². The van der Waals surface area contributed by atoms with Crippen LogP contribution in [0.15, 0.2) is 30.3 Å². The molecular formula is C14H20N2O3. The van der Waals surface area contributed by atoms with Crippen LogP contribution >= 0.6 is 0 Å². The molecule has 1 amide bonds. The molecule has 0 spiro atoms. The van der Waals surface area contributed by atoms with Gasteiger partial charge in [-0.1, -0.05) is 30.3 Å². The summed E-state index contributed by atoms with van der Waals surface area (Å²) >= 11 is 0. The molecule has 1 rings (SSSR count). The van der Waals surface area contributed by atoms with Crippen molar-refractivity contribution < 1.29 is 14.3 Å². The SMILES string of the molecule is CCOC(=O)CCNC(=O)[C@@H](N)Cc1ccccc1. The molecule has 0 radical (unpaired) electrons. The summed E-state index contributed by atoms with van der Waals surface area (Å²) in [5, 5.41) is 2.63. The summed E-state index contributed by atoms with van der Waals surface area (Å²) < 4.78 is 4.76. The number of amides is 1. The average molecular weight is 264 g/mol. The van der Waals surface area contributed by atoms with Gasteiger partial charge < -0.3 is 15.8 Å². The molecule has 0 bridgehead atoms. The van der Waals surface area contributed by atoms with Crippen molar-refractivity contribution >= 4 is 11.9 Å². The number of esters is 1. The quantitative estimate of drug-likeness (QED) is 0.708. The van der Waals surface area contributed by atoms with Crippen LogP contribution in [0.2, 0.25) is 0 Å². The smallest absolute Gasteiger partial charge is 0.307 e. The molecule has 0 aliphatic rings. The summed E-state index contributed by atoms with van der Waals surface area (Å²) in [6, 6.07) is 8.96. The zero-order chi connectivity index (χ0) is 14.1. The number of rotatable bonds is 7. The monoisotopic (exact) mass is 264 g/mol. The van der Waals surface area contributed by atoms with Crippen LogP contribution in [-0.4, -0.2) is 31.1 Å². The number of hydrogen-bond acceptors (Lipinski definition) is 4. The van der Waals surface area contributed by atoms with Crippen LogP contribution in [0, 0.1) is 0 Å². The lowest BCUT2D eigenvalue weighted by molar-refractivity contribution is -0.143. The van der Waals surface area contributed by atoms with Crippen LogP contribution in [0.1, 0.15) is 18.9 Å². The molecule has 5 nitrogen and oxygen atoms in total. The maximum atomic E-state index is 11.7. The van der Waals surface area contributed by atoms with E-state index in [1.54, 1.807) is 6.92 Å². The molecule has 1 aromatic carbocycles. The van der Waals surface area contributed by atoms with Crippen LogP contribution in [0.3, 0.4) is 0 Å². The van der Waals surface area contributed by atoms with Crippen LogP contribution in [0.4, 0.5) is 0 Å². The van der Waals surface area contributed by atoms with E-state index in [9.17, 15) is 9.59 Å². The standard InChI is InChI=1S/C14H20N2O3/c1-2-19-13(17)8-9-16-14(18)12(15)10-11-6-4-3-5-7-11/h3-7,12H,2,8-10,15H2,1H3,(H,16,18)/t12-/m0/s1. The normalized spacial score (nSPS) is 11.7. The minimum Gasteiger partial charge on any atom is -0.466 e. The topological polar surface area (TPSA) is 81.4 Å². The molecule has 0 saturated carbocycles. The van der Waals surface area contributed by atoms with Gasteiger partial charge >= 0.3 is 5.97 Å². The van der Waals surface area contributed by atoms with Gasteiger partial charge in [-0.25, -0.2) is 0 Å². The van der Waals surface area contributed by atoms with Crippen molar-refractivity contribution in [2.75, 3.05) is 13.2 Å². The lowest BCUT2D eigenvalue weighted by atomic mass is 10.1. The zero-order valence-corrected chi connectivity index (χ0v) is 11.1. The highest BCUT2D eigenvalue weighted by molar-refractivity contribution is 5.82. The highest BCUT2D eigenvalue weighted by atomic mass is 16.5. The van der Waals surface area contributed by atoms with E-state index in [4.69, 9.17) is 10.5 Å². The minimum absolute atomic E-state index is 0.164. The third-order valence-corrected chi connectivity index (χ3v) is 2.57. The van der Waals surface area contributed by atoms with E-state index in [0.29, 0.717) is 13.0 Å². The van der Waals surface area contributed by atoms with Crippen molar-refractivity contribution in [3.63, 3.8) is 0 Å². The summed E-state index contributed by atoms with van der Waals surface area (Å²) in [6.45, 7) is 2.34. The van der Waals surface area contributed by atoms with E-state index < -0.39 is 6.04 Å².